The van der Waals surface area contributed by atoms with E-state index < -0.39 is 0 Å². The van der Waals surface area contributed by atoms with Gasteiger partial charge in [-0.2, -0.15) is 0 Å². The first-order valence-corrected chi connectivity index (χ1v) is 18.2. The minimum Gasteiger partial charge on any atom is -0.305 e. The molecule has 3 heteroatoms. The van der Waals surface area contributed by atoms with E-state index in [1.54, 1.807) is 6.20 Å². The number of rotatable bonds is 6. The van der Waals surface area contributed by atoms with Crippen LogP contribution < -0.4 is 0 Å². The maximum absolute atomic E-state index is 4.79. The zero-order valence-corrected chi connectivity index (χ0v) is 32.5. The molecule has 0 saturated heterocycles. The largest absolute Gasteiger partial charge is 0.305 e. The normalized spacial score (nSPS) is 14.9. The third-order valence-electron chi connectivity index (χ3n) is 10.4. The molecule has 1 fully saturated rings. The predicted octanol–water partition coefficient (Wildman–Crippen LogP) is 12.8. The van der Waals surface area contributed by atoms with Crippen molar-refractivity contribution in [1.29, 1.82) is 0 Å². The molecule has 2 aliphatic carbocycles. The van der Waals surface area contributed by atoms with Crippen molar-refractivity contribution in [2.45, 2.75) is 77.0 Å². The van der Waals surface area contributed by atoms with Gasteiger partial charge in [0, 0.05) is 38.2 Å². The fourth-order valence-corrected chi connectivity index (χ4v) is 7.67. The maximum Gasteiger partial charge on any atom is 0.0185 e. The summed E-state index contributed by atoms with van der Waals surface area (Å²) in [6.07, 6.45) is 12.9. The van der Waals surface area contributed by atoms with Crippen LogP contribution in [0.5, 0.6) is 0 Å². The van der Waals surface area contributed by atoms with Crippen molar-refractivity contribution in [3.63, 3.8) is 0 Å². The molecule has 2 heterocycles. The van der Waals surface area contributed by atoms with Crippen LogP contribution in [-0.2, 0) is 25.5 Å². The van der Waals surface area contributed by atoms with Crippen molar-refractivity contribution in [2.75, 3.05) is 0 Å². The van der Waals surface area contributed by atoms with Crippen LogP contribution in [0.25, 0.3) is 45.3 Å². The molecule has 259 valence electrons. The summed E-state index contributed by atoms with van der Waals surface area (Å²) in [7, 11) is 0. The molecule has 0 amide bonds. The summed E-state index contributed by atoms with van der Waals surface area (Å²) < 4.78 is 0. The van der Waals surface area contributed by atoms with E-state index in [1.807, 2.05) is 48.7 Å². The topological polar surface area (TPSA) is 25.8 Å². The van der Waals surface area contributed by atoms with Crippen molar-refractivity contribution < 1.29 is 20.1 Å². The summed E-state index contributed by atoms with van der Waals surface area (Å²) in [5.41, 5.74) is 14.5. The Hall–Kier alpha value is -4.43. The molecule has 0 bridgehead atoms. The molecule has 2 nitrogen and oxygen atoms in total. The van der Waals surface area contributed by atoms with Gasteiger partial charge in [-0.3, -0.25) is 4.98 Å². The Kier molecular flexibility index (Phi) is 11.6. The quantitative estimate of drug-likeness (QED) is 0.156. The molecule has 2 aromatic heterocycles. The first-order chi connectivity index (χ1) is 24.4. The fourth-order valence-electron chi connectivity index (χ4n) is 7.67. The molecule has 1 saturated carbocycles. The van der Waals surface area contributed by atoms with Crippen LogP contribution in [0.2, 0.25) is 0 Å². The zero-order valence-electron chi connectivity index (χ0n) is 30.1. The minimum absolute atomic E-state index is 0. The van der Waals surface area contributed by atoms with Crippen LogP contribution in [0.3, 0.4) is 0 Å². The number of fused-ring (bicyclic) bond motifs is 1. The number of hydrogen-bond donors (Lipinski definition) is 0. The number of benzene rings is 4. The van der Waals surface area contributed by atoms with E-state index in [0.29, 0.717) is 11.8 Å². The Morgan fingerprint density at radius 2 is 1.41 bits per heavy atom. The summed E-state index contributed by atoms with van der Waals surface area (Å²) in [4.78, 5) is 9.01. The second-order valence-electron chi connectivity index (χ2n) is 14.5. The van der Waals surface area contributed by atoms with Crippen LogP contribution in [0.15, 0.2) is 128 Å². The van der Waals surface area contributed by atoms with E-state index in [2.05, 4.69) is 124 Å². The average molecular weight is 843 g/mol. The molecular formula is C48H46IrN2-2. The van der Waals surface area contributed by atoms with Gasteiger partial charge in [0.05, 0.1) is 0 Å². The molecule has 4 aromatic carbocycles. The number of pyridine rings is 2. The first kappa shape index (κ1) is 36.4. The Morgan fingerprint density at radius 3 is 2.10 bits per heavy atom. The summed E-state index contributed by atoms with van der Waals surface area (Å²) in [6.45, 7) is 9.20. The van der Waals surface area contributed by atoms with Crippen molar-refractivity contribution in [3.8, 4) is 33.6 Å². The molecular weight excluding hydrogens is 797 g/mol. The van der Waals surface area contributed by atoms with Gasteiger partial charge in [-0.05, 0) is 70.2 Å². The van der Waals surface area contributed by atoms with Crippen LogP contribution >= 0.6 is 0 Å². The summed E-state index contributed by atoms with van der Waals surface area (Å²) >= 11 is 0. The van der Waals surface area contributed by atoms with E-state index in [-0.39, 0.29) is 25.5 Å². The number of aromatic nitrogens is 2. The van der Waals surface area contributed by atoms with Gasteiger partial charge in [-0.1, -0.05) is 142 Å². The Morgan fingerprint density at radius 1 is 0.686 bits per heavy atom. The second kappa shape index (κ2) is 16.3. The van der Waals surface area contributed by atoms with Crippen molar-refractivity contribution in [3.05, 3.63) is 168 Å². The maximum atomic E-state index is 4.79. The van der Waals surface area contributed by atoms with Crippen molar-refractivity contribution in [2.24, 2.45) is 0 Å². The average Bonchev–Trinajstić information content (AvgIpc) is 3.46. The van der Waals surface area contributed by atoms with Crippen molar-refractivity contribution in [1.82, 2.24) is 9.97 Å². The van der Waals surface area contributed by atoms with Crippen molar-refractivity contribution >= 4 is 11.6 Å². The van der Waals surface area contributed by atoms with E-state index in [0.717, 1.165) is 22.5 Å². The summed E-state index contributed by atoms with van der Waals surface area (Å²) in [5, 5.41) is 0. The van der Waals surface area contributed by atoms with Gasteiger partial charge in [-0.15, -0.1) is 59.7 Å². The number of allylic oxidation sites excluding steroid dienone is 1. The molecule has 1 radical (unpaired) electrons. The fraction of sp³-hybridized carbons (Fsp3) is 0.250. The smallest absolute Gasteiger partial charge is 0.0185 e. The molecule has 0 aliphatic heterocycles. The predicted molar refractivity (Wildman–Crippen MR) is 210 cm³/mol. The van der Waals surface area contributed by atoms with Gasteiger partial charge in [0.1, 0.15) is 0 Å². The molecule has 2 aliphatic rings. The molecule has 51 heavy (non-hydrogen) atoms. The van der Waals surface area contributed by atoms with Gasteiger partial charge >= 0.3 is 0 Å². The minimum atomic E-state index is -0.129. The Labute approximate surface area is 318 Å². The summed E-state index contributed by atoms with van der Waals surface area (Å²) in [5.74, 6) is 1.18. The molecule has 0 N–H and O–H groups in total. The van der Waals surface area contributed by atoms with E-state index >= 15 is 0 Å². The van der Waals surface area contributed by atoms with Gasteiger partial charge in [0.2, 0.25) is 0 Å². The van der Waals surface area contributed by atoms with Crippen LogP contribution in [0.4, 0.5) is 0 Å². The second-order valence-corrected chi connectivity index (χ2v) is 14.5. The van der Waals surface area contributed by atoms with Crippen LogP contribution in [-0.4, -0.2) is 9.97 Å². The third kappa shape index (κ3) is 8.06. The first-order valence-electron chi connectivity index (χ1n) is 18.2. The number of hydrogen-bond acceptors (Lipinski definition) is 2. The molecule has 8 rings (SSSR count). The zero-order chi connectivity index (χ0) is 34.5. The van der Waals surface area contributed by atoms with Crippen LogP contribution in [0, 0.1) is 12.1 Å². The molecule has 0 atom stereocenters. The SMILES string of the molecule is CC(C)c1ccnc(-c2[c-]c3c(c(-c4ccc(C5CCCCC5)cc4)c2)C(C)(C)C(c2ccccc2)=C3)c1.[Ir].[c-]1ccccc1-c1ccccn1. The monoisotopic (exact) mass is 843 g/mol. The third-order valence-corrected chi connectivity index (χ3v) is 10.4. The van der Waals surface area contributed by atoms with Crippen LogP contribution in [0.1, 0.15) is 99.5 Å². The Bertz CT molecular complexity index is 2020. The Balaban J connectivity index is 0.000000291. The van der Waals surface area contributed by atoms with E-state index in [1.165, 1.54) is 76.6 Å². The molecule has 0 spiro atoms. The van der Waals surface area contributed by atoms with Gasteiger partial charge in [0.25, 0.3) is 0 Å². The molecule has 0 unspecified atom stereocenters. The van der Waals surface area contributed by atoms with Gasteiger partial charge in [0.15, 0.2) is 0 Å². The number of nitrogens with zero attached hydrogens (tertiary/aromatic N) is 2. The van der Waals surface area contributed by atoms with Gasteiger partial charge < -0.3 is 4.98 Å². The van der Waals surface area contributed by atoms with E-state index in [9.17, 15) is 0 Å². The summed E-state index contributed by atoms with van der Waals surface area (Å²) in [6, 6.07) is 47.6. The van der Waals surface area contributed by atoms with E-state index in [4.69, 9.17) is 4.98 Å². The standard InChI is InChI=1S/C37H38N.C11H8N.Ir/c1-25(2)30-19-20-38-35(24-30)31-21-32-23-34(29-13-9-6-10-14-29)37(3,4)36(32)33(22-31)28-17-15-27(16-18-28)26-11-7-5-8-12-26;1-2-6-10(7-3-1)11-8-4-5-9-12-11;/h6,9-10,13-20,22-26H,5,7-8,11-12H2,1-4H3;1-6,8-9H;/q2*-1;. The molecule has 6 aromatic rings. The van der Waals surface area contributed by atoms with Gasteiger partial charge in [-0.25, -0.2) is 0 Å².